The quantitative estimate of drug-likeness (QED) is 0.802. The van der Waals surface area contributed by atoms with Crippen LogP contribution in [0.2, 0.25) is 5.02 Å². The molecule has 1 unspecified atom stereocenters. The van der Waals surface area contributed by atoms with E-state index in [0.717, 1.165) is 16.4 Å². The van der Waals surface area contributed by atoms with E-state index in [9.17, 15) is 17.6 Å². The molecule has 0 aliphatic carbocycles. The summed E-state index contributed by atoms with van der Waals surface area (Å²) in [5, 5.41) is -0.255. The van der Waals surface area contributed by atoms with Crippen molar-refractivity contribution in [1.82, 2.24) is 4.31 Å². The summed E-state index contributed by atoms with van der Waals surface area (Å²) in [5.74, 6) is -1.35. The number of amides is 1. The highest BCUT2D eigenvalue weighted by molar-refractivity contribution is 7.89. The monoisotopic (exact) mass is 335 g/mol. The normalized spacial score (nSPS) is 23.4. The number of anilines is 1. The Balaban J connectivity index is 2.41. The molecule has 1 fully saturated rings. The molecule has 0 radical (unpaired) electrons. The van der Waals surface area contributed by atoms with Crippen LogP contribution in [0.4, 0.5) is 10.1 Å². The number of carbonyl (C=O) groups is 1. The van der Waals surface area contributed by atoms with Gasteiger partial charge < -0.3 is 11.5 Å². The Morgan fingerprint density at radius 3 is 2.62 bits per heavy atom. The largest absolute Gasteiger partial charge is 0.396 e. The van der Waals surface area contributed by atoms with Gasteiger partial charge in [0.05, 0.1) is 16.1 Å². The summed E-state index contributed by atoms with van der Waals surface area (Å²) in [6, 6.07) is 1.83. The van der Waals surface area contributed by atoms with Crippen molar-refractivity contribution in [3.63, 3.8) is 0 Å². The molecule has 1 aliphatic rings. The molecule has 116 valence electrons. The Morgan fingerprint density at radius 1 is 1.48 bits per heavy atom. The van der Waals surface area contributed by atoms with Crippen LogP contribution in [0.15, 0.2) is 17.0 Å². The maximum absolute atomic E-state index is 13.3. The maximum atomic E-state index is 13.3. The van der Waals surface area contributed by atoms with Crippen LogP contribution in [-0.4, -0.2) is 31.7 Å². The zero-order valence-electron chi connectivity index (χ0n) is 11.3. The van der Waals surface area contributed by atoms with Crippen LogP contribution < -0.4 is 11.5 Å². The fraction of sp³-hybridized carbons (Fsp3) is 0.417. The summed E-state index contributed by atoms with van der Waals surface area (Å²) in [6.45, 7) is 1.69. The summed E-state index contributed by atoms with van der Waals surface area (Å²) in [5.41, 5.74) is 9.45. The number of nitrogens with zero attached hydrogens (tertiary/aromatic N) is 1. The fourth-order valence-electron chi connectivity index (χ4n) is 2.21. The molecule has 0 spiro atoms. The number of rotatable bonds is 3. The first-order chi connectivity index (χ1) is 9.58. The van der Waals surface area contributed by atoms with Crippen molar-refractivity contribution in [1.29, 1.82) is 0 Å². The molecule has 0 saturated carbocycles. The van der Waals surface area contributed by atoms with E-state index in [1.165, 1.54) is 0 Å². The fourth-order valence-corrected chi connectivity index (χ4v) is 4.30. The number of carbonyl (C=O) groups excluding carboxylic acids is 1. The van der Waals surface area contributed by atoms with Gasteiger partial charge in [0.1, 0.15) is 10.7 Å². The Kier molecular flexibility index (Phi) is 3.90. The van der Waals surface area contributed by atoms with E-state index in [2.05, 4.69) is 0 Å². The number of halogens is 2. The molecule has 21 heavy (non-hydrogen) atoms. The van der Waals surface area contributed by atoms with E-state index in [4.69, 9.17) is 23.1 Å². The standard InChI is InChI=1S/C12H15ClFN3O3S/c1-12(11(16)18)2-3-17(6-12)21(19,20)10-5-9(15)8(14)4-7(10)13/h4-5H,2-3,6,15H2,1H3,(H2,16,18). The van der Waals surface area contributed by atoms with Gasteiger partial charge in [-0.2, -0.15) is 4.31 Å². The van der Waals surface area contributed by atoms with Gasteiger partial charge in [-0.1, -0.05) is 11.6 Å². The molecule has 1 aliphatic heterocycles. The predicted octanol–water partition coefficient (Wildman–Crippen LogP) is 0.947. The van der Waals surface area contributed by atoms with Crippen molar-refractivity contribution in [2.75, 3.05) is 18.8 Å². The van der Waals surface area contributed by atoms with Crippen LogP contribution in [0.5, 0.6) is 0 Å². The Labute approximate surface area is 126 Å². The van der Waals surface area contributed by atoms with Crippen molar-refractivity contribution in [3.05, 3.63) is 23.0 Å². The molecule has 1 aromatic rings. The minimum atomic E-state index is -3.97. The molecular weight excluding hydrogens is 321 g/mol. The molecule has 1 heterocycles. The van der Waals surface area contributed by atoms with E-state index < -0.39 is 27.2 Å². The van der Waals surface area contributed by atoms with Crippen LogP contribution >= 0.6 is 11.6 Å². The zero-order chi connectivity index (χ0) is 16.0. The van der Waals surface area contributed by atoms with Gasteiger partial charge in [0.15, 0.2) is 0 Å². The molecule has 4 N–H and O–H groups in total. The average Bonchev–Trinajstić information content (AvgIpc) is 2.78. The first-order valence-electron chi connectivity index (χ1n) is 6.12. The van der Waals surface area contributed by atoms with E-state index in [0.29, 0.717) is 6.42 Å². The van der Waals surface area contributed by atoms with Crippen LogP contribution in [0.25, 0.3) is 0 Å². The molecule has 2 rings (SSSR count). The Morgan fingerprint density at radius 2 is 2.10 bits per heavy atom. The van der Waals surface area contributed by atoms with E-state index in [1.54, 1.807) is 6.92 Å². The number of hydrogen-bond acceptors (Lipinski definition) is 4. The third-order valence-electron chi connectivity index (χ3n) is 3.70. The van der Waals surface area contributed by atoms with Gasteiger partial charge in [0.25, 0.3) is 0 Å². The van der Waals surface area contributed by atoms with Crippen molar-refractivity contribution < 1.29 is 17.6 Å². The Bertz CT molecular complexity index is 710. The van der Waals surface area contributed by atoms with Crippen molar-refractivity contribution in [3.8, 4) is 0 Å². The maximum Gasteiger partial charge on any atom is 0.244 e. The zero-order valence-corrected chi connectivity index (χ0v) is 12.8. The van der Waals surface area contributed by atoms with E-state index in [1.807, 2.05) is 0 Å². The number of benzene rings is 1. The molecule has 9 heteroatoms. The van der Waals surface area contributed by atoms with Gasteiger partial charge in [-0.25, -0.2) is 12.8 Å². The summed E-state index contributed by atoms with van der Waals surface area (Å²) in [6.07, 6.45) is 0.315. The molecular formula is C12H15ClFN3O3S. The molecule has 1 saturated heterocycles. The van der Waals surface area contributed by atoms with E-state index >= 15 is 0 Å². The van der Waals surface area contributed by atoms with Crippen molar-refractivity contribution in [2.45, 2.75) is 18.2 Å². The molecule has 1 aromatic carbocycles. The molecule has 0 aromatic heterocycles. The average molecular weight is 336 g/mol. The van der Waals surface area contributed by atoms with Gasteiger partial charge in [-0.3, -0.25) is 4.79 Å². The topological polar surface area (TPSA) is 106 Å². The smallest absolute Gasteiger partial charge is 0.244 e. The number of sulfonamides is 1. The summed E-state index contributed by atoms with van der Waals surface area (Å²) in [7, 11) is -3.97. The third-order valence-corrected chi connectivity index (χ3v) is 6.01. The van der Waals surface area contributed by atoms with Gasteiger partial charge >= 0.3 is 0 Å². The van der Waals surface area contributed by atoms with E-state index in [-0.39, 0.29) is 28.7 Å². The highest BCUT2D eigenvalue weighted by atomic mass is 35.5. The second-order valence-corrected chi connectivity index (χ2v) is 7.63. The number of nitrogen functional groups attached to an aromatic ring is 1. The minimum absolute atomic E-state index is 0.0434. The predicted molar refractivity (Wildman–Crippen MR) is 76.5 cm³/mol. The summed E-state index contributed by atoms with van der Waals surface area (Å²) >= 11 is 5.81. The lowest BCUT2D eigenvalue weighted by atomic mass is 9.89. The van der Waals surface area contributed by atoms with Gasteiger partial charge in [0.2, 0.25) is 15.9 Å². The van der Waals surface area contributed by atoms with Gasteiger partial charge in [0, 0.05) is 13.1 Å². The van der Waals surface area contributed by atoms with Crippen LogP contribution in [0.1, 0.15) is 13.3 Å². The second-order valence-electron chi connectivity index (χ2n) is 5.32. The third kappa shape index (κ3) is 2.70. The minimum Gasteiger partial charge on any atom is -0.396 e. The molecule has 1 atom stereocenters. The highest BCUT2D eigenvalue weighted by Gasteiger charge is 2.44. The first-order valence-corrected chi connectivity index (χ1v) is 7.94. The van der Waals surface area contributed by atoms with Crippen LogP contribution in [0, 0.1) is 11.2 Å². The number of nitrogens with two attached hydrogens (primary N) is 2. The second kappa shape index (κ2) is 5.11. The number of hydrogen-bond donors (Lipinski definition) is 2. The SMILES string of the molecule is CC1(C(N)=O)CCN(S(=O)(=O)c2cc(N)c(F)cc2Cl)C1. The lowest BCUT2D eigenvalue weighted by Crippen LogP contribution is -2.38. The van der Waals surface area contributed by atoms with Gasteiger partial charge in [-0.15, -0.1) is 0 Å². The molecule has 1 amide bonds. The number of primary amides is 1. The summed E-state index contributed by atoms with van der Waals surface area (Å²) in [4.78, 5) is 11.1. The van der Waals surface area contributed by atoms with Crippen molar-refractivity contribution in [2.24, 2.45) is 11.1 Å². The molecule has 0 bridgehead atoms. The highest BCUT2D eigenvalue weighted by Crippen LogP contribution is 2.36. The van der Waals surface area contributed by atoms with Crippen LogP contribution in [-0.2, 0) is 14.8 Å². The Hall–Kier alpha value is -1.38. The van der Waals surface area contributed by atoms with Gasteiger partial charge in [-0.05, 0) is 25.5 Å². The summed E-state index contributed by atoms with van der Waals surface area (Å²) < 4.78 is 39.5. The lowest BCUT2D eigenvalue weighted by Gasteiger charge is -2.21. The van der Waals surface area contributed by atoms with Crippen molar-refractivity contribution >= 4 is 33.2 Å². The molecule has 6 nitrogen and oxygen atoms in total. The van der Waals surface area contributed by atoms with Crippen LogP contribution in [0.3, 0.4) is 0 Å². The lowest BCUT2D eigenvalue weighted by molar-refractivity contribution is -0.126. The first kappa shape index (κ1) is 16.0.